The molecule has 2 rings (SSSR count). The maximum atomic E-state index is 13.8. The van der Waals surface area contributed by atoms with Gasteiger partial charge >= 0.3 is 5.97 Å². The minimum atomic E-state index is -1.02. The van der Waals surface area contributed by atoms with Crippen molar-refractivity contribution in [3.63, 3.8) is 0 Å². The van der Waals surface area contributed by atoms with Crippen LogP contribution in [0.5, 0.6) is 0 Å². The number of benzene rings is 1. The molecule has 3 atom stereocenters. The number of carboxylic acids is 1. The van der Waals surface area contributed by atoms with Crippen LogP contribution in [-0.4, -0.2) is 60.0 Å². The quantitative estimate of drug-likeness (QED) is 0.384. The summed E-state index contributed by atoms with van der Waals surface area (Å²) in [6.07, 6.45) is 1.60. The number of nitrogens with one attached hydrogen (secondary N) is 2. The zero-order valence-electron chi connectivity index (χ0n) is 23.8. The van der Waals surface area contributed by atoms with Gasteiger partial charge in [-0.2, -0.15) is 0 Å². The number of fused-ring (bicyclic) bond motifs is 1. The van der Waals surface area contributed by atoms with Crippen LogP contribution >= 0.6 is 11.3 Å². The zero-order chi connectivity index (χ0) is 28.3. The molecule has 0 saturated heterocycles. The first-order chi connectivity index (χ1) is 17.0. The number of hydrogen-bond acceptors (Lipinski definition) is 5. The van der Waals surface area contributed by atoms with Crippen LogP contribution in [0.4, 0.5) is 0 Å². The molecular formula is C29H43N3O4S. The average molecular weight is 530 g/mol. The van der Waals surface area contributed by atoms with E-state index in [2.05, 4.69) is 28.8 Å². The van der Waals surface area contributed by atoms with Gasteiger partial charge in [0.2, 0.25) is 11.8 Å². The molecule has 1 aromatic carbocycles. The molecule has 7 nitrogen and oxygen atoms in total. The second-order valence-electron chi connectivity index (χ2n) is 11.7. The van der Waals surface area contributed by atoms with Crippen molar-refractivity contribution in [2.24, 2.45) is 11.3 Å². The smallest absolute Gasteiger partial charge is 0.331 e. The van der Waals surface area contributed by atoms with E-state index in [1.807, 2.05) is 60.6 Å². The number of nitrogens with zero attached hydrogens (tertiary/aromatic N) is 1. The third kappa shape index (κ3) is 6.99. The van der Waals surface area contributed by atoms with Gasteiger partial charge in [-0.05, 0) is 42.8 Å². The maximum Gasteiger partial charge on any atom is 0.331 e. The van der Waals surface area contributed by atoms with Crippen molar-refractivity contribution in [1.29, 1.82) is 0 Å². The first-order valence-electron chi connectivity index (χ1n) is 12.7. The van der Waals surface area contributed by atoms with Gasteiger partial charge in [-0.3, -0.25) is 9.59 Å². The van der Waals surface area contributed by atoms with Gasteiger partial charge < -0.3 is 20.6 Å². The van der Waals surface area contributed by atoms with Gasteiger partial charge in [0.1, 0.15) is 6.04 Å². The summed E-state index contributed by atoms with van der Waals surface area (Å²) in [6.45, 7) is 15.2. The van der Waals surface area contributed by atoms with Crippen molar-refractivity contribution in [2.45, 2.75) is 78.9 Å². The van der Waals surface area contributed by atoms with E-state index in [1.54, 1.807) is 36.4 Å². The van der Waals surface area contributed by atoms with Crippen molar-refractivity contribution in [1.82, 2.24) is 15.5 Å². The highest BCUT2D eigenvalue weighted by Gasteiger charge is 2.42. The van der Waals surface area contributed by atoms with E-state index in [4.69, 9.17) is 0 Å². The molecule has 3 N–H and O–H groups in total. The molecule has 1 aromatic heterocycles. The molecule has 0 fully saturated rings. The summed E-state index contributed by atoms with van der Waals surface area (Å²) in [4.78, 5) is 41.6. The predicted molar refractivity (Wildman–Crippen MR) is 152 cm³/mol. The number of likely N-dealkylation sites (N-methyl/N-ethyl adjacent to an activating group) is 2. The Morgan fingerprint density at radius 3 is 2.14 bits per heavy atom. The van der Waals surface area contributed by atoms with Crippen LogP contribution in [0, 0.1) is 11.3 Å². The Balaban J connectivity index is 2.37. The number of carbonyl (C=O) groups is 3. The summed E-state index contributed by atoms with van der Waals surface area (Å²) in [5.41, 5.74) is -0.939. The highest BCUT2D eigenvalue weighted by atomic mass is 32.1. The molecule has 8 heteroatoms. The Hall–Kier alpha value is -2.71. The molecule has 0 radical (unpaired) electrons. The Morgan fingerprint density at radius 1 is 1.05 bits per heavy atom. The molecule has 0 aliphatic carbocycles. The summed E-state index contributed by atoms with van der Waals surface area (Å²) in [7, 11) is 3.42. The topological polar surface area (TPSA) is 98.7 Å². The summed E-state index contributed by atoms with van der Waals surface area (Å²) < 4.78 is 1.16. The number of hydrogen-bond donors (Lipinski definition) is 3. The van der Waals surface area contributed by atoms with Crippen LogP contribution in [0.1, 0.15) is 60.3 Å². The van der Waals surface area contributed by atoms with Crippen LogP contribution in [0.2, 0.25) is 0 Å². The molecule has 0 bridgehead atoms. The summed E-state index contributed by atoms with van der Waals surface area (Å²) in [5.74, 6) is -1.56. The van der Waals surface area contributed by atoms with Crippen molar-refractivity contribution in [3.8, 4) is 0 Å². The van der Waals surface area contributed by atoms with Gasteiger partial charge in [-0.25, -0.2) is 4.79 Å². The Morgan fingerprint density at radius 2 is 1.65 bits per heavy atom. The van der Waals surface area contributed by atoms with Gasteiger partial charge in [0.15, 0.2) is 0 Å². The molecule has 0 saturated carbocycles. The predicted octanol–water partition coefficient (Wildman–Crippen LogP) is 4.81. The van der Waals surface area contributed by atoms with E-state index in [1.165, 1.54) is 6.92 Å². The van der Waals surface area contributed by atoms with Gasteiger partial charge in [0.05, 0.1) is 12.1 Å². The average Bonchev–Trinajstić information content (AvgIpc) is 3.24. The normalized spacial score (nSPS) is 15.4. The van der Waals surface area contributed by atoms with E-state index in [9.17, 15) is 19.5 Å². The van der Waals surface area contributed by atoms with Gasteiger partial charge in [0.25, 0.3) is 0 Å². The molecule has 37 heavy (non-hydrogen) atoms. The van der Waals surface area contributed by atoms with Crippen molar-refractivity contribution in [3.05, 3.63) is 46.9 Å². The van der Waals surface area contributed by atoms with Crippen LogP contribution in [0.15, 0.2) is 42.0 Å². The minimum absolute atomic E-state index is 0.0171. The fourth-order valence-electron chi connectivity index (χ4n) is 4.57. The Labute approximate surface area is 225 Å². The zero-order valence-corrected chi connectivity index (χ0v) is 24.6. The van der Waals surface area contributed by atoms with Crippen LogP contribution in [-0.2, 0) is 19.8 Å². The minimum Gasteiger partial charge on any atom is -0.478 e. The van der Waals surface area contributed by atoms with E-state index >= 15 is 0 Å². The molecule has 2 aromatic rings. The number of rotatable bonds is 10. The fourth-order valence-corrected chi connectivity index (χ4v) is 5.76. The number of carbonyl (C=O) groups excluding carboxylic acids is 2. The largest absolute Gasteiger partial charge is 0.478 e. The lowest BCUT2D eigenvalue weighted by atomic mass is 9.80. The lowest BCUT2D eigenvalue weighted by Crippen LogP contribution is -2.61. The lowest BCUT2D eigenvalue weighted by molar-refractivity contribution is -0.141. The summed E-state index contributed by atoms with van der Waals surface area (Å²) in [5, 5.41) is 16.7. The molecule has 0 aliphatic rings. The monoisotopic (exact) mass is 529 g/mol. The molecule has 204 valence electrons. The third-order valence-electron chi connectivity index (χ3n) is 6.97. The first-order valence-corrected chi connectivity index (χ1v) is 13.5. The van der Waals surface area contributed by atoms with Crippen molar-refractivity contribution in [2.75, 3.05) is 14.1 Å². The molecule has 0 aliphatic heterocycles. The first kappa shape index (κ1) is 30.5. The Bertz CT molecular complexity index is 1130. The molecule has 1 unspecified atom stereocenters. The highest BCUT2D eigenvalue weighted by Crippen LogP contribution is 2.37. The van der Waals surface area contributed by atoms with Gasteiger partial charge in [-0.1, -0.05) is 72.7 Å². The maximum absolute atomic E-state index is 13.8. The fraction of sp³-hybridized carbons (Fsp3) is 0.552. The summed E-state index contributed by atoms with van der Waals surface area (Å²) >= 11 is 1.67. The van der Waals surface area contributed by atoms with E-state index in [-0.39, 0.29) is 23.3 Å². The number of thiophene rings is 1. The number of carboxylic acid groups (broad SMARTS) is 1. The standard InChI is InChI=1S/C29H43N3O4S/c1-17(2)20(15-18(3)27(35)36)32(10)26(34)24(28(4,5)6)31-25(33)23(30-9)29(7,8)22-16-19-13-11-12-14-21(19)37-22/h11-17,20,23-24,30H,1-10H3,(H,31,33)(H,35,36)/b18-15+/t20-,23?,24-/m1/s1. The highest BCUT2D eigenvalue weighted by molar-refractivity contribution is 7.19. The number of amides is 2. The number of aliphatic carboxylic acids is 1. The van der Waals surface area contributed by atoms with Crippen molar-refractivity contribution < 1.29 is 19.5 Å². The van der Waals surface area contributed by atoms with Gasteiger partial charge in [0, 0.05) is 27.6 Å². The lowest BCUT2D eigenvalue weighted by Gasteiger charge is -2.39. The van der Waals surface area contributed by atoms with Crippen LogP contribution in [0.25, 0.3) is 10.1 Å². The van der Waals surface area contributed by atoms with E-state index in [0.29, 0.717) is 0 Å². The molecule has 1 heterocycles. The van der Waals surface area contributed by atoms with Crippen molar-refractivity contribution >= 4 is 39.2 Å². The summed E-state index contributed by atoms with van der Waals surface area (Å²) in [6, 6.07) is 8.45. The van der Waals surface area contributed by atoms with Crippen LogP contribution < -0.4 is 10.6 Å². The SMILES string of the molecule is CNC(C(=O)N[C@H](C(=O)N(C)[C@H](/C=C(\C)C(=O)O)C(C)C)C(C)(C)C)C(C)(C)c1cc2ccccc2s1. The second kappa shape index (κ2) is 11.8. The van der Waals surface area contributed by atoms with Gasteiger partial charge in [-0.15, -0.1) is 11.3 Å². The Kier molecular flexibility index (Phi) is 9.71. The molecule has 2 amide bonds. The second-order valence-corrected chi connectivity index (χ2v) is 12.8. The molecule has 0 spiro atoms. The molecular weight excluding hydrogens is 486 g/mol. The third-order valence-corrected chi connectivity index (χ3v) is 8.42. The van der Waals surface area contributed by atoms with Crippen LogP contribution in [0.3, 0.4) is 0 Å². The van der Waals surface area contributed by atoms with E-state index < -0.39 is 34.9 Å². The van der Waals surface area contributed by atoms with E-state index in [0.717, 1.165) is 15.0 Å².